The molecule has 10 aromatic rings. The second-order valence-electron chi connectivity index (χ2n) is 13.8. The molecule has 2 heterocycles. The number of rotatable bonds is 7. The highest BCUT2D eigenvalue weighted by atomic mass is 16.3. The SMILES string of the molecule is C=Cc1ccc(-c2ccc(-c3nc(-c4ccc5ccccc5c4)nc(-c4ccc5cc(-c6cccc7oc8ccccc8c67)ccc5c4)n3)cc2)cc1C=C. The van der Waals surface area contributed by atoms with Crippen LogP contribution in [0.1, 0.15) is 11.1 Å². The third kappa shape index (κ3) is 5.77. The summed E-state index contributed by atoms with van der Waals surface area (Å²) in [6.45, 7) is 7.92. The highest BCUT2D eigenvalue weighted by molar-refractivity contribution is 6.13. The predicted molar refractivity (Wildman–Crippen MR) is 229 cm³/mol. The molecule has 0 aliphatic carbocycles. The summed E-state index contributed by atoms with van der Waals surface area (Å²) in [4.78, 5) is 15.2. The van der Waals surface area contributed by atoms with Gasteiger partial charge < -0.3 is 4.42 Å². The number of nitrogens with zero attached hydrogens (tertiary/aromatic N) is 3. The monoisotopic (exact) mass is 703 g/mol. The Morgan fingerprint density at radius 3 is 1.64 bits per heavy atom. The Kier molecular flexibility index (Phi) is 7.74. The van der Waals surface area contributed by atoms with E-state index in [-0.39, 0.29) is 0 Å². The molecule has 0 saturated heterocycles. The molecule has 0 saturated carbocycles. The third-order valence-electron chi connectivity index (χ3n) is 10.5. The zero-order valence-electron chi connectivity index (χ0n) is 29.9. The van der Waals surface area contributed by atoms with Gasteiger partial charge in [-0.15, -0.1) is 0 Å². The van der Waals surface area contributed by atoms with Crippen LogP contribution in [-0.4, -0.2) is 15.0 Å². The van der Waals surface area contributed by atoms with E-state index < -0.39 is 0 Å². The topological polar surface area (TPSA) is 51.8 Å². The molecule has 10 rings (SSSR count). The molecule has 0 unspecified atom stereocenters. The molecule has 0 fully saturated rings. The van der Waals surface area contributed by atoms with Crippen LogP contribution in [0.25, 0.3) is 112 Å². The van der Waals surface area contributed by atoms with E-state index in [1.165, 1.54) is 5.39 Å². The molecule has 2 aromatic heterocycles. The molecule has 0 N–H and O–H groups in total. The van der Waals surface area contributed by atoms with Crippen LogP contribution in [0.2, 0.25) is 0 Å². The maximum Gasteiger partial charge on any atom is 0.164 e. The van der Waals surface area contributed by atoms with E-state index in [0.717, 1.165) is 88.2 Å². The number of furan rings is 1. The van der Waals surface area contributed by atoms with Crippen molar-refractivity contribution in [1.29, 1.82) is 0 Å². The summed E-state index contributed by atoms with van der Waals surface area (Å²) < 4.78 is 6.19. The van der Waals surface area contributed by atoms with E-state index >= 15 is 0 Å². The van der Waals surface area contributed by atoms with Gasteiger partial charge >= 0.3 is 0 Å². The van der Waals surface area contributed by atoms with Crippen LogP contribution in [0, 0.1) is 0 Å². The first-order chi connectivity index (χ1) is 27.1. The Morgan fingerprint density at radius 1 is 0.382 bits per heavy atom. The smallest absolute Gasteiger partial charge is 0.164 e. The lowest BCUT2D eigenvalue weighted by molar-refractivity contribution is 0.669. The van der Waals surface area contributed by atoms with Gasteiger partial charge in [0.05, 0.1) is 0 Å². The Balaban J connectivity index is 1.06. The van der Waals surface area contributed by atoms with Crippen LogP contribution in [-0.2, 0) is 0 Å². The molecule has 258 valence electrons. The molecular weight excluding hydrogens is 671 g/mol. The first-order valence-corrected chi connectivity index (χ1v) is 18.3. The van der Waals surface area contributed by atoms with Gasteiger partial charge in [-0.3, -0.25) is 0 Å². The van der Waals surface area contributed by atoms with E-state index in [1.54, 1.807) is 0 Å². The summed E-state index contributed by atoms with van der Waals surface area (Å²) in [5.41, 5.74) is 11.1. The average Bonchev–Trinajstić information content (AvgIpc) is 3.64. The summed E-state index contributed by atoms with van der Waals surface area (Å²) in [7, 11) is 0. The fourth-order valence-corrected chi connectivity index (χ4v) is 7.59. The summed E-state index contributed by atoms with van der Waals surface area (Å²) in [5.74, 6) is 1.86. The fourth-order valence-electron chi connectivity index (χ4n) is 7.59. The van der Waals surface area contributed by atoms with Crippen LogP contribution in [0.4, 0.5) is 0 Å². The third-order valence-corrected chi connectivity index (χ3v) is 10.5. The van der Waals surface area contributed by atoms with E-state index in [0.29, 0.717) is 17.5 Å². The summed E-state index contributed by atoms with van der Waals surface area (Å²) in [5, 5.41) is 6.79. The lowest BCUT2D eigenvalue weighted by Gasteiger charge is -2.11. The number of benzene rings is 8. The fraction of sp³-hybridized carbons (Fsp3) is 0. The van der Waals surface area contributed by atoms with Crippen LogP contribution in [0.3, 0.4) is 0 Å². The van der Waals surface area contributed by atoms with Gasteiger partial charge in [0.15, 0.2) is 17.5 Å². The first kappa shape index (κ1) is 32.2. The molecule has 8 aromatic carbocycles. The van der Waals surface area contributed by atoms with Crippen LogP contribution in [0.5, 0.6) is 0 Å². The molecule has 55 heavy (non-hydrogen) atoms. The minimum Gasteiger partial charge on any atom is -0.456 e. The Bertz CT molecular complexity index is 3140. The van der Waals surface area contributed by atoms with Gasteiger partial charge in [-0.25, -0.2) is 15.0 Å². The van der Waals surface area contributed by atoms with Gasteiger partial charge in [0.2, 0.25) is 0 Å². The second kappa shape index (κ2) is 13.2. The Morgan fingerprint density at radius 2 is 0.909 bits per heavy atom. The summed E-state index contributed by atoms with van der Waals surface area (Å²) >= 11 is 0. The van der Waals surface area contributed by atoms with Crippen LogP contribution < -0.4 is 0 Å². The van der Waals surface area contributed by atoms with Gasteiger partial charge in [0, 0.05) is 27.5 Å². The molecule has 0 aliphatic heterocycles. The summed E-state index contributed by atoms with van der Waals surface area (Å²) in [6, 6.07) is 57.0. The maximum absolute atomic E-state index is 6.19. The van der Waals surface area contributed by atoms with Gasteiger partial charge in [-0.05, 0) is 91.3 Å². The number of hydrogen-bond donors (Lipinski definition) is 0. The molecular formula is C51H33N3O. The number of para-hydroxylation sites is 1. The molecule has 0 radical (unpaired) electrons. The molecule has 0 atom stereocenters. The van der Waals surface area contributed by atoms with Crippen molar-refractivity contribution < 1.29 is 4.42 Å². The molecule has 4 nitrogen and oxygen atoms in total. The highest BCUT2D eigenvalue weighted by Crippen LogP contribution is 2.38. The van der Waals surface area contributed by atoms with Crippen molar-refractivity contribution >= 4 is 55.6 Å². The van der Waals surface area contributed by atoms with Crippen molar-refractivity contribution in [2.75, 3.05) is 0 Å². The number of fused-ring (bicyclic) bond motifs is 5. The van der Waals surface area contributed by atoms with Crippen molar-refractivity contribution in [2.24, 2.45) is 0 Å². The zero-order valence-corrected chi connectivity index (χ0v) is 29.9. The molecule has 4 heteroatoms. The predicted octanol–water partition coefficient (Wildman–Crippen LogP) is 13.7. The highest BCUT2D eigenvalue weighted by Gasteiger charge is 2.16. The van der Waals surface area contributed by atoms with Gasteiger partial charge in [-0.2, -0.15) is 0 Å². The molecule has 0 aliphatic rings. The van der Waals surface area contributed by atoms with Crippen molar-refractivity contribution in [1.82, 2.24) is 15.0 Å². The normalized spacial score (nSPS) is 11.4. The maximum atomic E-state index is 6.19. The molecule has 0 spiro atoms. The van der Waals surface area contributed by atoms with Crippen molar-refractivity contribution in [3.8, 4) is 56.4 Å². The van der Waals surface area contributed by atoms with E-state index in [2.05, 4.69) is 159 Å². The van der Waals surface area contributed by atoms with Crippen molar-refractivity contribution in [3.63, 3.8) is 0 Å². The van der Waals surface area contributed by atoms with Gasteiger partial charge in [-0.1, -0.05) is 153 Å². The average molecular weight is 704 g/mol. The zero-order chi connectivity index (χ0) is 36.9. The lowest BCUT2D eigenvalue weighted by atomic mass is 9.96. The van der Waals surface area contributed by atoms with Gasteiger partial charge in [0.25, 0.3) is 0 Å². The number of aromatic nitrogens is 3. The van der Waals surface area contributed by atoms with Gasteiger partial charge in [0.1, 0.15) is 11.2 Å². The van der Waals surface area contributed by atoms with E-state index in [9.17, 15) is 0 Å². The molecule has 0 amide bonds. The van der Waals surface area contributed by atoms with Crippen molar-refractivity contribution in [3.05, 3.63) is 188 Å². The first-order valence-electron chi connectivity index (χ1n) is 18.3. The lowest BCUT2D eigenvalue weighted by Crippen LogP contribution is -2.00. The van der Waals surface area contributed by atoms with Crippen LogP contribution in [0.15, 0.2) is 181 Å². The quantitative estimate of drug-likeness (QED) is 0.166. The van der Waals surface area contributed by atoms with E-state index in [1.807, 2.05) is 30.4 Å². The Hall–Kier alpha value is -7.43. The second-order valence-corrected chi connectivity index (χ2v) is 13.8. The minimum absolute atomic E-state index is 0.615. The standard InChI is InChI=1S/C51H33N3O/c1-3-32-16-22-38(28-33(32)4-2)35-17-20-36(21-18-35)49-52-50(42-26-19-34-10-5-6-11-37(34)30-42)54-51(53-49)43-27-24-39-29-41(25-23-40(39)31-43)44-13-9-15-47-48(44)45-12-7-8-14-46(45)55-47/h3-31H,1-2H2. The molecule has 0 bridgehead atoms. The Labute approximate surface area is 318 Å². The largest absolute Gasteiger partial charge is 0.456 e. The minimum atomic E-state index is 0.615. The summed E-state index contributed by atoms with van der Waals surface area (Å²) in [6.07, 6.45) is 3.72. The van der Waals surface area contributed by atoms with Crippen LogP contribution >= 0.6 is 0 Å². The van der Waals surface area contributed by atoms with Crippen molar-refractivity contribution in [2.45, 2.75) is 0 Å². The number of hydrogen-bond acceptors (Lipinski definition) is 4. The van der Waals surface area contributed by atoms with E-state index in [4.69, 9.17) is 19.4 Å².